The minimum Gasteiger partial charge on any atom is -0.301 e. The van der Waals surface area contributed by atoms with E-state index in [0.717, 1.165) is 36.9 Å². The summed E-state index contributed by atoms with van der Waals surface area (Å²) < 4.78 is 27.3. The van der Waals surface area contributed by atoms with Gasteiger partial charge in [0, 0.05) is 11.4 Å². The van der Waals surface area contributed by atoms with Crippen LogP contribution in [0.15, 0.2) is 29.2 Å². The van der Waals surface area contributed by atoms with Gasteiger partial charge in [-0.2, -0.15) is 4.31 Å². The standard InChI is InChI=1S/C19H23N3O3S2/c1-13-8-10-14(11-9-13)27(24,25)22-12-4-6-16(22)18(23)21-19-20-15-5-2-3-7-17(15)26-19/h8-11,16H,2-7,12H2,1H3,(H,20,21,23)/t16-/m0/s1. The van der Waals surface area contributed by atoms with Crippen molar-refractivity contribution in [2.45, 2.75) is 56.4 Å². The van der Waals surface area contributed by atoms with Gasteiger partial charge in [-0.3, -0.25) is 4.79 Å². The van der Waals surface area contributed by atoms with Crippen LogP contribution in [0.1, 0.15) is 41.8 Å². The van der Waals surface area contributed by atoms with Crippen molar-refractivity contribution in [3.05, 3.63) is 40.4 Å². The van der Waals surface area contributed by atoms with Crippen molar-refractivity contribution in [3.63, 3.8) is 0 Å². The fourth-order valence-corrected chi connectivity index (χ4v) is 6.44. The summed E-state index contributed by atoms with van der Waals surface area (Å²) in [5, 5.41) is 3.46. The van der Waals surface area contributed by atoms with Crippen molar-refractivity contribution in [3.8, 4) is 0 Å². The van der Waals surface area contributed by atoms with E-state index in [1.54, 1.807) is 24.3 Å². The molecule has 0 saturated carbocycles. The van der Waals surface area contributed by atoms with Crippen molar-refractivity contribution in [2.24, 2.45) is 0 Å². The first-order chi connectivity index (χ1) is 12.9. The minimum absolute atomic E-state index is 0.234. The number of fused-ring (bicyclic) bond motifs is 1. The molecular formula is C19H23N3O3S2. The van der Waals surface area contributed by atoms with E-state index >= 15 is 0 Å². The summed E-state index contributed by atoms with van der Waals surface area (Å²) in [6.45, 7) is 2.28. The van der Waals surface area contributed by atoms with Crippen molar-refractivity contribution in [1.82, 2.24) is 9.29 Å². The summed E-state index contributed by atoms with van der Waals surface area (Å²) in [5.41, 5.74) is 2.08. The molecule has 2 aromatic rings. The fraction of sp³-hybridized carbons (Fsp3) is 0.474. The van der Waals surface area contributed by atoms with Gasteiger partial charge in [-0.1, -0.05) is 17.7 Å². The number of thiazole rings is 1. The van der Waals surface area contributed by atoms with Crippen LogP contribution in [0.5, 0.6) is 0 Å². The van der Waals surface area contributed by atoms with E-state index in [0.29, 0.717) is 24.5 Å². The first kappa shape index (κ1) is 18.6. The predicted octanol–water partition coefficient (Wildman–Crippen LogP) is 3.12. The lowest BCUT2D eigenvalue weighted by Gasteiger charge is -2.23. The Morgan fingerprint density at radius 1 is 1.19 bits per heavy atom. The smallest absolute Gasteiger partial charge is 0.244 e. The van der Waals surface area contributed by atoms with Crippen LogP contribution in [0, 0.1) is 6.92 Å². The molecule has 2 aliphatic rings. The number of hydrogen-bond donors (Lipinski definition) is 1. The molecule has 0 bridgehead atoms. The Kier molecular flexibility index (Phi) is 5.05. The monoisotopic (exact) mass is 405 g/mol. The summed E-state index contributed by atoms with van der Waals surface area (Å²) >= 11 is 1.52. The third-order valence-electron chi connectivity index (χ3n) is 5.21. The zero-order valence-corrected chi connectivity index (χ0v) is 16.9. The molecule has 1 fully saturated rings. The number of carbonyl (C=O) groups excluding carboxylic acids is 1. The highest BCUT2D eigenvalue weighted by molar-refractivity contribution is 7.89. The number of hydrogen-bond acceptors (Lipinski definition) is 5. The summed E-state index contributed by atoms with van der Waals surface area (Å²) in [4.78, 5) is 18.8. The molecule has 0 radical (unpaired) electrons. The maximum Gasteiger partial charge on any atom is 0.244 e. The Balaban J connectivity index is 1.53. The summed E-state index contributed by atoms with van der Waals surface area (Å²) in [7, 11) is -3.69. The van der Waals surface area contributed by atoms with Crippen LogP contribution in [-0.2, 0) is 27.7 Å². The highest BCUT2D eigenvalue weighted by Gasteiger charge is 2.39. The number of benzene rings is 1. The van der Waals surface area contributed by atoms with Crippen molar-refractivity contribution in [1.29, 1.82) is 0 Å². The highest BCUT2D eigenvalue weighted by Crippen LogP contribution is 2.31. The highest BCUT2D eigenvalue weighted by atomic mass is 32.2. The number of aromatic nitrogens is 1. The molecule has 1 saturated heterocycles. The summed E-state index contributed by atoms with van der Waals surface area (Å²) in [5.74, 6) is -0.283. The van der Waals surface area contributed by atoms with Gasteiger partial charge in [-0.05, 0) is 57.6 Å². The van der Waals surface area contributed by atoms with Crippen LogP contribution in [0.25, 0.3) is 0 Å². The van der Waals surface area contributed by atoms with E-state index in [-0.39, 0.29) is 10.8 Å². The van der Waals surface area contributed by atoms with Crippen molar-refractivity contribution >= 4 is 32.4 Å². The van der Waals surface area contributed by atoms with Crippen LogP contribution in [0.3, 0.4) is 0 Å². The third kappa shape index (κ3) is 3.66. The van der Waals surface area contributed by atoms with Crippen molar-refractivity contribution < 1.29 is 13.2 Å². The molecule has 1 atom stereocenters. The van der Waals surface area contributed by atoms with Gasteiger partial charge in [-0.25, -0.2) is 13.4 Å². The van der Waals surface area contributed by atoms with Gasteiger partial charge in [0.1, 0.15) is 6.04 Å². The topological polar surface area (TPSA) is 79.4 Å². The van der Waals surface area contributed by atoms with Gasteiger partial charge in [0.05, 0.1) is 10.6 Å². The van der Waals surface area contributed by atoms with Crippen LogP contribution >= 0.6 is 11.3 Å². The molecule has 6 nitrogen and oxygen atoms in total. The van der Waals surface area contributed by atoms with E-state index in [2.05, 4.69) is 10.3 Å². The van der Waals surface area contributed by atoms with Gasteiger partial charge in [-0.15, -0.1) is 11.3 Å². The Labute approximate surface area is 163 Å². The molecule has 0 spiro atoms. The van der Waals surface area contributed by atoms with E-state index in [9.17, 15) is 13.2 Å². The average Bonchev–Trinajstić information content (AvgIpc) is 3.29. The Morgan fingerprint density at radius 2 is 1.93 bits per heavy atom. The lowest BCUT2D eigenvalue weighted by molar-refractivity contribution is -0.119. The predicted molar refractivity (Wildman–Crippen MR) is 105 cm³/mol. The normalized spacial score (nSPS) is 20.4. The number of rotatable bonds is 4. The molecule has 1 aliphatic carbocycles. The lowest BCUT2D eigenvalue weighted by Crippen LogP contribution is -2.43. The molecule has 4 rings (SSSR count). The molecule has 1 aromatic carbocycles. The van der Waals surface area contributed by atoms with Crippen LogP contribution in [-0.4, -0.2) is 36.2 Å². The lowest BCUT2D eigenvalue weighted by atomic mass is 10.0. The first-order valence-electron chi connectivity index (χ1n) is 9.33. The molecule has 1 aromatic heterocycles. The number of carbonyl (C=O) groups is 1. The molecule has 1 amide bonds. The zero-order chi connectivity index (χ0) is 19.0. The number of nitrogens with zero attached hydrogens (tertiary/aromatic N) is 2. The van der Waals surface area contributed by atoms with Crippen LogP contribution < -0.4 is 5.32 Å². The Morgan fingerprint density at radius 3 is 2.67 bits per heavy atom. The third-order valence-corrected chi connectivity index (χ3v) is 8.20. The molecule has 0 unspecified atom stereocenters. The minimum atomic E-state index is -3.69. The van der Waals surface area contributed by atoms with Crippen molar-refractivity contribution in [2.75, 3.05) is 11.9 Å². The zero-order valence-electron chi connectivity index (χ0n) is 15.3. The molecule has 1 N–H and O–H groups in total. The van der Waals surface area contributed by atoms with Gasteiger partial charge in [0.25, 0.3) is 0 Å². The van der Waals surface area contributed by atoms with E-state index < -0.39 is 16.1 Å². The number of anilines is 1. The van der Waals surface area contributed by atoms with Gasteiger partial charge < -0.3 is 5.32 Å². The molecule has 144 valence electrons. The largest absolute Gasteiger partial charge is 0.301 e. The van der Waals surface area contributed by atoms with Gasteiger partial charge in [0.2, 0.25) is 15.9 Å². The average molecular weight is 406 g/mol. The molecule has 1 aliphatic heterocycles. The maximum absolute atomic E-state index is 13.0. The SMILES string of the molecule is Cc1ccc(S(=O)(=O)N2CCC[C@H]2C(=O)Nc2nc3c(s2)CCCC3)cc1. The van der Waals surface area contributed by atoms with Gasteiger partial charge >= 0.3 is 0 Å². The fourth-order valence-electron chi connectivity index (χ4n) is 3.73. The molecule has 27 heavy (non-hydrogen) atoms. The van der Waals surface area contributed by atoms with E-state index in [4.69, 9.17) is 0 Å². The Bertz CT molecular complexity index is 928. The summed E-state index contributed by atoms with van der Waals surface area (Å²) in [6.07, 6.45) is 5.47. The maximum atomic E-state index is 13.0. The van der Waals surface area contributed by atoms with Gasteiger partial charge in [0.15, 0.2) is 5.13 Å². The molecule has 8 heteroatoms. The molecule has 2 heterocycles. The Hall–Kier alpha value is -1.77. The number of sulfonamides is 1. The van der Waals surface area contributed by atoms with Crippen LogP contribution in [0.4, 0.5) is 5.13 Å². The number of nitrogens with one attached hydrogen (secondary N) is 1. The second-order valence-electron chi connectivity index (χ2n) is 7.17. The second kappa shape index (κ2) is 7.33. The summed E-state index contributed by atoms with van der Waals surface area (Å²) in [6, 6.07) is 6.08. The van der Waals surface area contributed by atoms with E-state index in [1.165, 1.54) is 20.5 Å². The number of amides is 1. The first-order valence-corrected chi connectivity index (χ1v) is 11.6. The van der Waals surface area contributed by atoms with E-state index in [1.807, 2.05) is 6.92 Å². The second-order valence-corrected chi connectivity index (χ2v) is 10.1. The van der Waals surface area contributed by atoms with Crippen LogP contribution in [0.2, 0.25) is 0 Å². The quantitative estimate of drug-likeness (QED) is 0.848. The number of aryl methyl sites for hydroxylation is 3. The molecular weight excluding hydrogens is 382 g/mol.